The number of rotatable bonds is 1. The number of aromatic nitrogens is 2. The number of fused-ring (bicyclic) bond motifs is 10. The first-order valence-corrected chi connectivity index (χ1v) is 10.5. The number of methoxy groups -OCH3 is 1. The molecule has 3 atom stereocenters. The van der Waals surface area contributed by atoms with Crippen molar-refractivity contribution in [2.45, 2.75) is 31.4 Å². The van der Waals surface area contributed by atoms with Crippen molar-refractivity contribution < 1.29 is 14.7 Å². The summed E-state index contributed by atoms with van der Waals surface area (Å²) in [5, 5.41) is 18.4. The van der Waals surface area contributed by atoms with Gasteiger partial charge in [-0.1, -0.05) is 41.6 Å². The van der Waals surface area contributed by atoms with Gasteiger partial charge in [0.1, 0.15) is 12.3 Å². The van der Waals surface area contributed by atoms with Crippen LogP contribution in [0.15, 0.2) is 65.8 Å². The highest BCUT2D eigenvalue weighted by molar-refractivity contribution is 6.18. The predicted octanol–water partition coefficient (Wildman–Crippen LogP) is 5.35. The average Bonchev–Trinajstić information content (AvgIpc) is 3.28. The fourth-order valence-corrected chi connectivity index (χ4v) is 5.98. The molecule has 0 radical (unpaired) electrons. The molecular formula is C25H21N3O3. The average molecular weight is 411 g/mol. The summed E-state index contributed by atoms with van der Waals surface area (Å²) in [5.41, 5.74) is 4.09. The van der Waals surface area contributed by atoms with E-state index in [1.54, 1.807) is 7.11 Å². The van der Waals surface area contributed by atoms with Crippen LogP contribution in [0.25, 0.3) is 43.6 Å². The van der Waals surface area contributed by atoms with Gasteiger partial charge in [-0.2, -0.15) is 0 Å². The lowest BCUT2D eigenvalue weighted by molar-refractivity contribution is -0.213. The van der Waals surface area contributed by atoms with Gasteiger partial charge in [0.2, 0.25) is 0 Å². The molecule has 154 valence electrons. The Morgan fingerprint density at radius 3 is 2.35 bits per heavy atom. The molecule has 4 heterocycles. The van der Waals surface area contributed by atoms with Crippen molar-refractivity contribution in [2.75, 3.05) is 7.11 Å². The van der Waals surface area contributed by atoms with Crippen molar-refractivity contribution in [1.82, 2.24) is 9.13 Å². The Kier molecular flexibility index (Phi) is 3.17. The first-order chi connectivity index (χ1) is 15.2. The molecule has 0 spiro atoms. The number of nitrogens with zero attached hydrogens (tertiary/aromatic N) is 3. The first-order valence-electron chi connectivity index (χ1n) is 10.5. The Morgan fingerprint density at radius 1 is 0.935 bits per heavy atom. The van der Waals surface area contributed by atoms with Gasteiger partial charge in [0.05, 0.1) is 27.8 Å². The van der Waals surface area contributed by atoms with Crippen LogP contribution in [-0.2, 0) is 15.2 Å². The minimum Gasteiger partial charge on any atom is -0.411 e. The fourth-order valence-electron chi connectivity index (χ4n) is 5.98. The maximum Gasteiger partial charge on any atom is 0.177 e. The van der Waals surface area contributed by atoms with Crippen LogP contribution in [0.3, 0.4) is 0 Å². The van der Waals surface area contributed by atoms with E-state index in [2.05, 4.69) is 68.9 Å². The molecule has 1 fully saturated rings. The molecule has 6 nitrogen and oxygen atoms in total. The highest BCUT2D eigenvalue weighted by Gasteiger charge is 2.50. The molecule has 4 bridgehead atoms. The quantitative estimate of drug-likeness (QED) is 0.299. The number of para-hydroxylation sites is 2. The third kappa shape index (κ3) is 1.93. The minimum absolute atomic E-state index is 0.323. The molecule has 2 aromatic heterocycles. The molecule has 2 aliphatic heterocycles. The molecule has 1 N–H and O–H groups in total. The molecule has 5 aromatic rings. The van der Waals surface area contributed by atoms with Crippen LogP contribution < -0.4 is 0 Å². The van der Waals surface area contributed by atoms with E-state index in [4.69, 9.17) is 9.47 Å². The second kappa shape index (κ2) is 5.66. The van der Waals surface area contributed by atoms with Gasteiger partial charge in [-0.15, -0.1) is 0 Å². The lowest BCUT2D eigenvalue weighted by Crippen LogP contribution is -2.55. The number of benzene rings is 3. The molecule has 0 amide bonds. The maximum absolute atomic E-state index is 9.93. The van der Waals surface area contributed by atoms with Crippen LogP contribution in [-0.4, -0.2) is 33.3 Å². The van der Waals surface area contributed by atoms with Crippen LogP contribution in [0.2, 0.25) is 0 Å². The molecule has 0 aliphatic carbocycles. The lowest BCUT2D eigenvalue weighted by Gasteiger charge is -2.46. The van der Waals surface area contributed by atoms with E-state index in [0.29, 0.717) is 12.1 Å². The van der Waals surface area contributed by atoms with Crippen molar-refractivity contribution in [3.05, 3.63) is 60.7 Å². The van der Waals surface area contributed by atoms with Gasteiger partial charge < -0.3 is 23.8 Å². The molecule has 7 rings (SSSR count). The van der Waals surface area contributed by atoms with E-state index in [1.807, 2.05) is 13.0 Å². The summed E-state index contributed by atoms with van der Waals surface area (Å²) in [6.45, 7) is 2.03. The third-order valence-electron chi connectivity index (χ3n) is 7.15. The van der Waals surface area contributed by atoms with Crippen molar-refractivity contribution in [3.8, 4) is 0 Å². The Bertz CT molecular complexity index is 1580. The van der Waals surface area contributed by atoms with Gasteiger partial charge in [-0.05, 0) is 31.2 Å². The zero-order valence-corrected chi connectivity index (χ0v) is 17.2. The van der Waals surface area contributed by atoms with Crippen LogP contribution in [0, 0.1) is 0 Å². The molecule has 2 aliphatic rings. The summed E-state index contributed by atoms with van der Waals surface area (Å²) < 4.78 is 17.3. The van der Waals surface area contributed by atoms with Gasteiger partial charge in [-0.25, -0.2) is 0 Å². The second-order valence-corrected chi connectivity index (χ2v) is 8.66. The smallest absolute Gasteiger partial charge is 0.177 e. The summed E-state index contributed by atoms with van der Waals surface area (Å²) in [5.74, 6) is 0. The molecule has 3 aromatic carbocycles. The summed E-state index contributed by atoms with van der Waals surface area (Å²) in [7, 11) is 1.64. The van der Waals surface area contributed by atoms with Crippen molar-refractivity contribution >= 4 is 49.3 Å². The Balaban J connectivity index is 1.77. The van der Waals surface area contributed by atoms with Gasteiger partial charge in [0.25, 0.3) is 0 Å². The molecule has 1 saturated heterocycles. The van der Waals surface area contributed by atoms with Gasteiger partial charge in [0.15, 0.2) is 5.72 Å². The Labute approximate surface area is 177 Å². The fraction of sp³-hybridized carbons (Fsp3) is 0.240. The van der Waals surface area contributed by atoms with Gasteiger partial charge in [-0.3, -0.25) is 0 Å². The van der Waals surface area contributed by atoms with E-state index in [9.17, 15) is 5.21 Å². The Hall–Kier alpha value is -3.35. The molecule has 0 unspecified atom stereocenters. The third-order valence-corrected chi connectivity index (χ3v) is 7.15. The second-order valence-electron chi connectivity index (χ2n) is 8.66. The van der Waals surface area contributed by atoms with Crippen molar-refractivity contribution in [2.24, 2.45) is 5.16 Å². The van der Waals surface area contributed by atoms with E-state index in [0.717, 1.165) is 22.1 Å². The summed E-state index contributed by atoms with van der Waals surface area (Å²) in [4.78, 5) is 0. The topological polar surface area (TPSA) is 60.9 Å². The molecule has 31 heavy (non-hydrogen) atoms. The minimum atomic E-state index is -0.892. The van der Waals surface area contributed by atoms with E-state index < -0.39 is 11.8 Å². The Morgan fingerprint density at radius 2 is 1.61 bits per heavy atom. The van der Waals surface area contributed by atoms with Crippen LogP contribution >= 0.6 is 0 Å². The van der Waals surface area contributed by atoms with Gasteiger partial charge >= 0.3 is 0 Å². The zero-order valence-electron chi connectivity index (χ0n) is 17.2. The van der Waals surface area contributed by atoms with Gasteiger partial charge in [0, 0.05) is 35.1 Å². The maximum atomic E-state index is 9.93. The van der Waals surface area contributed by atoms with Crippen LogP contribution in [0.4, 0.5) is 0 Å². The largest absolute Gasteiger partial charge is 0.411 e. The predicted molar refractivity (Wildman–Crippen MR) is 121 cm³/mol. The highest BCUT2D eigenvalue weighted by atomic mass is 16.6. The molecule has 6 heteroatoms. The highest BCUT2D eigenvalue weighted by Crippen LogP contribution is 2.48. The first kappa shape index (κ1) is 17.3. The normalized spacial score (nSPS) is 26.6. The number of ether oxygens (including phenoxy) is 2. The number of hydrogen-bond acceptors (Lipinski definition) is 4. The summed E-state index contributed by atoms with van der Waals surface area (Å²) in [6, 6.07) is 21.4. The monoisotopic (exact) mass is 411 g/mol. The molecule has 0 saturated carbocycles. The van der Waals surface area contributed by atoms with E-state index in [1.165, 1.54) is 21.5 Å². The number of hydrogen-bond donors (Lipinski definition) is 1. The zero-order chi connectivity index (χ0) is 20.9. The lowest BCUT2D eigenvalue weighted by atomic mass is 9.95. The summed E-state index contributed by atoms with van der Waals surface area (Å²) >= 11 is 0. The van der Waals surface area contributed by atoms with E-state index >= 15 is 0 Å². The SMILES string of the molecule is CO[C@@H]1/C(=N\O)C[C@H]2O[C@]1(C)n1c3ccccc3c3cc4c5ccccc5n2c4cc31. The van der Waals surface area contributed by atoms with Crippen molar-refractivity contribution in [3.63, 3.8) is 0 Å². The summed E-state index contributed by atoms with van der Waals surface area (Å²) in [6.07, 6.45) is -0.395. The number of oxime groups is 1. The van der Waals surface area contributed by atoms with Crippen LogP contribution in [0.5, 0.6) is 0 Å². The standard InChI is InChI=1S/C25H21N3O3/c1-25-24(30-2)18(26-29)12-23(31-25)27-19-9-5-3-7-14(19)16-11-17-15-8-4-6-10-20(15)28(25)22(17)13-21(16)27/h3-11,13,23-24,29H,12H2,1-2H3/b26-18-/t23-,24-,25+/m1/s1. The van der Waals surface area contributed by atoms with Crippen molar-refractivity contribution in [1.29, 1.82) is 0 Å². The molecular weight excluding hydrogens is 390 g/mol. The van der Waals surface area contributed by atoms with Crippen LogP contribution in [0.1, 0.15) is 19.6 Å². The van der Waals surface area contributed by atoms with E-state index in [-0.39, 0.29) is 6.23 Å².